The summed E-state index contributed by atoms with van der Waals surface area (Å²) >= 11 is 0. The SMILES string of the molecule is CC.CC.CC/C(C)=C(\C(C)=O)c1cc(-c2ccc(C(=O)N(C)C)cc2)ccc1N.CCCCc1ccc(C(=O)C2CCC2)cc1. The Hall–Kier alpha value is -3.99. The third-order valence-electron chi connectivity index (χ3n) is 8.04. The van der Waals surface area contributed by atoms with Crippen molar-refractivity contribution >= 4 is 28.7 Å². The molecule has 2 N–H and O–H groups in total. The summed E-state index contributed by atoms with van der Waals surface area (Å²) in [7, 11) is 3.46. The fourth-order valence-corrected chi connectivity index (χ4v) is 5.04. The summed E-state index contributed by atoms with van der Waals surface area (Å²) in [5.41, 5.74) is 14.1. The van der Waals surface area contributed by atoms with Crippen molar-refractivity contribution in [2.45, 2.75) is 100 Å². The van der Waals surface area contributed by atoms with Gasteiger partial charge in [0.15, 0.2) is 11.6 Å². The second-order valence-electron chi connectivity index (χ2n) is 11.4. The first kappa shape index (κ1) is 40.0. The van der Waals surface area contributed by atoms with Gasteiger partial charge in [-0.25, -0.2) is 0 Å². The van der Waals surface area contributed by atoms with E-state index in [1.54, 1.807) is 25.9 Å². The number of Topliss-reactive ketones (excluding diaryl/α,β-unsaturated/α-hetero) is 2. The normalized spacial score (nSPS) is 12.4. The summed E-state index contributed by atoms with van der Waals surface area (Å²) in [5, 5.41) is 0. The fourth-order valence-electron chi connectivity index (χ4n) is 5.04. The number of ketones is 2. The highest BCUT2D eigenvalue weighted by Crippen LogP contribution is 2.32. The fraction of sp³-hybridized carbons (Fsp3) is 0.439. The summed E-state index contributed by atoms with van der Waals surface area (Å²) < 4.78 is 0. The van der Waals surface area contributed by atoms with Crippen LogP contribution in [0.2, 0.25) is 0 Å². The number of nitrogens with zero attached hydrogens (tertiary/aromatic N) is 1. The van der Waals surface area contributed by atoms with E-state index in [4.69, 9.17) is 5.73 Å². The summed E-state index contributed by atoms with van der Waals surface area (Å²) in [4.78, 5) is 37.7. The first-order valence-electron chi connectivity index (χ1n) is 17.1. The van der Waals surface area contributed by atoms with Crippen LogP contribution in [0.15, 0.2) is 72.3 Å². The van der Waals surface area contributed by atoms with Gasteiger partial charge in [-0.2, -0.15) is 0 Å². The number of anilines is 1. The lowest BCUT2D eigenvalue weighted by Gasteiger charge is -2.23. The first-order chi connectivity index (χ1) is 22.1. The van der Waals surface area contributed by atoms with E-state index in [9.17, 15) is 14.4 Å². The van der Waals surface area contributed by atoms with Gasteiger partial charge in [-0.15, -0.1) is 0 Å². The largest absolute Gasteiger partial charge is 0.398 e. The van der Waals surface area contributed by atoms with Gasteiger partial charge in [0.2, 0.25) is 0 Å². The predicted octanol–water partition coefficient (Wildman–Crippen LogP) is 10.5. The Morgan fingerprint density at radius 2 is 1.33 bits per heavy atom. The number of nitrogens with two attached hydrogens (primary N) is 1. The van der Waals surface area contributed by atoms with Gasteiger partial charge in [0.25, 0.3) is 5.91 Å². The molecule has 0 atom stereocenters. The molecule has 1 fully saturated rings. The van der Waals surface area contributed by atoms with Crippen LogP contribution in [0.3, 0.4) is 0 Å². The summed E-state index contributed by atoms with van der Waals surface area (Å²) in [6.45, 7) is 15.8. The predicted molar refractivity (Wildman–Crippen MR) is 197 cm³/mol. The van der Waals surface area contributed by atoms with Gasteiger partial charge in [0, 0.05) is 48.0 Å². The van der Waals surface area contributed by atoms with Crippen molar-refractivity contribution in [1.29, 1.82) is 0 Å². The molecule has 1 saturated carbocycles. The van der Waals surface area contributed by atoms with Crippen molar-refractivity contribution in [3.63, 3.8) is 0 Å². The molecule has 46 heavy (non-hydrogen) atoms. The molecule has 0 unspecified atom stereocenters. The zero-order valence-electron chi connectivity index (χ0n) is 30.1. The van der Waals surface area contributed by atoms with Crippen LogP contribution in [0.25, 0.3) is 16.7 Å². The molecule has 1 aliphatic carbocycles. The Morgan fingerprint density at radius 3 is 1.78 bits per heavy atom. The number of nitrogen functional groups attached to an aromatic ring is 1. The Morgan fingerprint density at radius 1 is 0.783 bits per heavy atom. The maximum Gasteiger partial charge on any atom is 0.253 e. The van der Waals surface area contributed by atoms with Crippen molar-refractivity contribution < 1.29 is 14.4 Å². The highest BCUT2D eigenvalue weighted by Gasteiger charge is 2.25. The maximum atomic E-state index is 12.2. The Bertz CT molecular complexity index is 1410. The van der Waals surface area contributed by atoms with Crippen LogP contribution in [0.1, 0.15) is 126 Å². The van der Waals surface area contributed by atoms with E-state index in [1.165, 1.54) is 24.8 Å². The van der Waals surface area contributed by atoms with E-state index >= 15 is 0 Å². The standard InChI is InChI=1S/C22H26N2O2.C15H20O.2C2H6/c1-6-14(2)21(15(3)25)19-13-18(11-12-20(19)23)16-7-9-17(10-8-16)22(26)24(4)5;1-2-3-5-12-8-10-14(11-9-12)15(16)13-6-4-7-13;2*1-2/h7-13H,6,23H2,1-5H3;8-11,13H,2-7H2,1H3;2*1-2H3/b21-14+;;;. The average molecular weight is 627 g/mol. The van der Waals surface area contributed by atoms with Crippen molar-refractivity contribution in [3.8, 4) is 11.1 Å². The van der Waals surface area contributed by atoms with Crippen molar-refractivity contribution in [1.82, 2.24) is 4.90 Å². The molecule has 4 rings (SSSR count). The zero-order valence-corrected chi connectivity index (χ0v) is 30.1. The third kappa shape index (κ3) is 11.4. The second kappa shape index (κ2) is 20.9. The first-order valence-corrected chi connectivity index (χ1v) is 17.1. The van der Waals surface area contributed by atoms with Crippen LogP contribution in [0.5, 0.6) is 0 Å². The molecule has 0 saturated heterocycles. The van der Waals surface area contributed by atoms with E-state index in [0.29, 0.717) is 28.5 Å². The summed E-state index contributed by atoms with van der Waals surface area (Å²) in [5.74, 6) is 0.657. The molecule has 250 valence electrons. The smallest absolute Gasteiger partial charge is 0.253 e. The lowest BCUT2D eigenvalue weighted by Crippen LogP contribution is -2.21. The lowest BCUT2D eigenvalue weighted by atomic mass is 9.80. The summed E-state index contributed by atoms with van der Waals surface area (Å²) in [6, 6.07) is 21.4. The Kier molecular flexibility index (Phi) is 18.2. The van der Waals surface area contributed by atoms with E-state index in [1.807, 2.05) is 96.1 Å². The number of carbonyl (C=O) groups excluding carboxylic acids is 3. The van der Waals surface area contributed by atoms with Gasteiger partial charge in [-0.3, -0.25) is 14.4 Å². The van der Waals surface area contributed by atoms with Gasteiger partial charge in [-0.05, 0) is 86.9 Å². The van der Waals surface area contributed by atoms with Crippen LogP contribution in [-0.4, -0.2) is 36.5 Å². The molecule has 0 aromatic heterocycles. The molecule has 0 heterocycles. The Balaban J connectivity index is 0.000000451. The molecule has 0 bridgehead atoms. The topological polar surface area (TPSA) is 80.5 Å². The molecule has 0 aliphatic heterocycles. The number of benzene rings is 3. The maximum absolute atomic E-state index is 12.2. The number of carbonyl (C=O) groups is 3. The number of rotatable bonds is 10. The van der Waals surface area contributed by atoms with Crippen molar-refractivity contribution in [2.75, 3.05) is 19.8 Å². The Labute approximate surface area is 279 Å². The van der Waals surface area contributed by atoms with Crippen LogP contribution in [0.4, 0.5) is 5.69 Å². The minimum atomic E-state index is -0.0325. The quantitative estimate of drug-likeness (QED) is 0.138. The van der Waals surface area contributed by atoms with Gasteiger partial charge in [0.05, 0.1) is 0 Å². The van der Waals surface area contributed by atoms with Crippen LogP contribution >= 0.6 is 0 Å². The molecule has 0 radical (unpaired) electrons. The van der Waals surface area contributed by atoms with E-state index in [-0.39, 0.29) is 11.7 Å². The number of hydrogen-bond acceptors (Lipinski definition) is 4. The van der Waals surface area contributed by atoms with Crippen LogP contribution < -0.4 is 5.73 Å². The molecule has 0 spiro atoms. The monoisotopic (exact) mass is 626 g/mol. The highest BCUT2D eigenvalue weighted by atomic mass is 16.2. The number of amides is 1. The molecule has 3 aromatic carbocycles. The number of allylic oxidation sites excluding steroid dienone is 2. The molecule has 3 aromatic rings. The van der Waals surface area contributed by atoms with Gasteiger partial charge < -0.3 is 10.6 Å². The van der Waals surface area contributed by atoms with E-state index in [2.05, 4.69) is 19.1 Å². The minimum absolute atomic E-state index is 0.0140. The number of aryl methyl sites for hydroxylation is 1. The van der Waals surface area contributed by atoms with Crippen LogP contribution in [0, 0.1) is 5.92 Å². The average Bonchev–Trinajstić information content (AvgIpc) is 3.05. The second-order valence-corrected chi connectivity index (χ2v) is 11.4. The molecule has 1 aliphatic rings. The highest BCUT2D eigenvalue weighted by molar-refractivity contribution is 6.22. The molecule has 5 nitrogen and oxygen atoms in total. The van der Waals surface area contributed by atoms with E-state index < -0.39 is 0 Å². The molecule has 5 heteroatoms. The van der Waals surface area contributed by atoms with Gasteiger partial charge in [-0.1, -0.05) is 102 Å². The lowest BCUT2D eigenvalue weighted by molar-refractivity contribution is -0.111. The van der Waals surface area contributed by atoms with E-state index in [0.717, 1.165) is 53.5 Å². The van der Waals surface area contributed by atoms with Gasteiger partial charge >= 0.3 is 0 Å². The molecular formula is C41H58N2O3. The van der Waals surface area contributed by atoms with Gasteiger partial charge in [0.1, 0.15) is 0 Å². The minimum Gasteiger partial charge on any atom is -0.398 e. The zero-order chi connectivity index (χ0) is 34.8. The number of unbranched alkanes of at least 4 members (excludes halogenated alkanes) is 1. The van der Waals surface area contributed by atoms with Crippen LogP contribution in [-0.2, 0) is 11.2 Å². The third-order valence-corrected chi connectivity index (χ3v) is 8.04. The van der Waals surface area contributed by atoms with Crippen molar-refractivity contribution in [3.05, 3.63) is 94.6 Å². The molecular weight excluding hydrogens is 568 g/mol. The summed E-state index contributed by atoms with van der Waals surface area (Å²) in [6.07, 6.45) is 7.80. The molecule has 1 amide bonds. The van der Waals surface area contributed by atoms with Crippen molar-refractivity contribution in [2.24, 2.45) is 5.92 Å². The number of hydrogen-bond donors (Lipinski definition) is 1.